The third-order valence-electron chi connectivity index (χ3n) is 2.86. The highest BCUT2D eigenvalue weighted by Gasteiger charge is 2.02. The summed E-state index contributed by atoms with van der Waals surface area (Å²) in [5.74, 6) is 0.545. The second kappa shape index (κ2) is 10.8. The van der Waals surface area contributed by atoms with Crippen LogP contribution < -0.4 is 0 Å². The highest BCUT2D eigenvalue weighted by Crippen LogP contribution is 2.14. The fraction of sp³-hybridized carbons (Fsp3) is 0.846. The van der Waals surface area contributed by atoms with Crippen molar-refractivity contribution < 1.29 is 5.11 Å². The van der Waals surface area contributed by atoms with Crippen LogP contribution in [0.3, 0.4) is 0 Å². The second-order valence-corrected chi connectivity index (χ2v) is 4.09. The molecule has 0 aromatic carbocycles. The van der Waals surface area contributed by atoms with Gasteiger partial charge in [0.05, 0.1) is 0 Å². The van der Waals surface area contributed by atoms with Gasteiger partial charge < -0.3 is 5.11 Å². The Labute approximate surface area is 89.2 Å². The molecule has 1 nitrogen and oxygen atoms in total. The molecule has 0 aliphatic rings. The summed E-state index contributed by atoms with van der Waals surface area (Å²) in [5, 5.41) is 8.99. The number of allylic oxidation sites excluding steroid dienone is 1. The zero-order valence-electron chi connectivity index (χ0n) is 9.67. The SMILES string of the molecule is C=CCCCCCCC[C@H](CC)CO. The van der Waals surface area contributed by atoms with Gasteiger partial charge in [-0.05, 0) is 25.2 Å². The first-order valence-corrected chi connectivity index (χ1v) is 6.06. The zero-order valence-corrected chi connectivity index (χ0v) is 9.67. The van der Waals surface area contributed by atoms with Crippen molar-refractivity contribution in [3.63, 3.8) is 0 Å². The first-order chi connectivity index (χ1) is 6.85. The Morgan fingerprint density at radius 1 is 1.14 bits per heavy atom. The molecule has 1 heteroatoms. The Hall–Kier alpha value is -0.300. The lowest BCUT2D eigenvalue weighted by molar-refractivity contribution is 0.211. The van der Waals surface area contributed by atoms with E-state index in [4.69, 9.17) is 5.11 Å². The molecule has 0 rings (SSSR count). The van der Waals surface area contributed by atoms with Crippen LogP contribution in [0.5, 0.6) is 0 Å². The predicted octanol–water partition coefficient (Wildman–Crippen LogP) is 3.92. The van der Waals surface area contributed by atoms with Gasteiger partial charge in [0.15, 0.2) is 0 Å². The third-order valence-corrected chi connectivity index (χ3v) is 2.86. The summed E-state index contributed by atoms with van der Waals surface area (Å²) >= 11 is 0. The summed E-state index contributed by atoms with van der Waals surface area (Å²) in [6.45, 7) is 6.24. The van der Waals surface area contributed by atoms with Crippen LogP contribution in [0.15, 0.2) is 12.7 Å². The van der Waals surface area contributed by atoms with E-state index in [0.29, 0.717) is 12.5 Å². The van der Waals surface area contributed by atoms with Crippen molar-refractivity contribution in [3.8, 4) is 0 Å². The van der Waals surface area contributed by atoms with Crippen molar-refractivity contribution in [1.82, 2.24) is 0 Å². The van der Waals surface area contributed by atoms with Gasteiger partial charge in [-0.2, -0.15) is 0 Å². The maximum atomic E-state index is 8.99. The van der Waals surface area contributed by atoms with E-state index >= 15 is 0 Å². The minimum Gasteiger partial charge on any atom is -0.396 e. The Morgan fingerprint density at radius 2 is 1.79 bits per heavy atom. The molecular formula is C13H26O. The van der Waals surface area contributed by atoms with E-state index in [9.17, 15) is 0 Å². The van der Waals surface area contributed by atoms with E-state index in [-0.39, 0.29) is 0 Å². The largest absolute Gasteiger partial charge is 0.396 e. The van der Waals surface area contributed by atoms with Crippen molar-refractivity contribution >= 4 is 0 Å². The van der Waals surface area contributed by atoms with Crippen LogP contribution in [-0.4, -0.2) is 11.7 Å². The smallest absolute Gasteiger partial charge is 0.0459 e. The van der Waals surface area contributed by atoms with Crippen LogP contribution in [0.1, 0.15) is 58.3 Å². The average Bonchev–Trinajstić information content (AvgIpc) is 2.22. The number of aliphatic hydroxyl groups excluding tert-OH is 1. The summed E-state index contributed by atoms with van der Waals surface area (Å²) in [6, 6.07) is 0. The maximum Gasteiger partial charge on any atom is 0.0459 e. The lowest BCUT2D eigenvalue weighted by Crippen LogP contribution is -2.03. The second-order valence-electron chi connectivity index (χ2n) is 4.09. The standard InChI is InChI=1S/C13H26O/c1-3-5-6-7-8-9-10-11-13(4-2)12-14/h3,13-14H,1,4-12H2,2H3/t13-/m0/s1. The molecule has 0 aromatic heterocycles. The van der Waals surface area contributed by atoms with Gasteiger partial charge in [0.1, 0.15) is 0 Å². The van der Waals surface area contributed by atoms with Gasteiger partial charge in [-0.15, -0.1) is 6.58 Å². The van der Waals surface area contributed by atoms with E-state index in [1.54, 1.807) is 0 Å². The highest BCUT2D eigenvalue weighted by atomic mass is 16.3. The van der Waals surface area contributed by atoms with Crippen molar-refractivity contribution in [3.05, 3.63) is 12.7 Å². The van der Waals surface area contributed by atoms with Crippen LogP contribution in [-0.2, 0) is 0 Å². The fourth-order valence-electron chi connectivity index (χ4n) is 1.68. The molecule has 0 radical (unpaired) electrons. The summed E-state index contributed by atoms with van der Waals surface area (Å²) < 4.78 is 0. The molecule has 0 saturated heterocycles. The topological polar surface area (TPSA) is 20.2 Å². The van der Waals surface area contributed by atoms with Crippen LogP contribution in [0.2, 0.25) is 0 Å². The van der Waals surface area contributed by atoms with Crippen molar-refractivity contribution in [1.29, 1.82) is 0 Å². The van der Waals surface area contributed by atoms with Gasteiger partial charge in [0, 0.05) is 6.61 Å². The summed E-state index contributed by atoms with van der Waals surface area (Å²) in [7, 11) is 0. The number of rotatable bonds is 10. The molecule has 1 atom stereocenters. The Bertz CT molecular complexity index is 116. The Kier molecular flexibility index (Phi) is 10.5. The van der Waals surface area contributed by atoms with Gasteiger partial charge in [0.25, 0.3) is 0 Å². The third kappa shape index (κ3) is 8.31. The molecule has 0 fully saturated rings. The number of aliphatic hydroxyl groups is 1. The molecule has 0 aliphatic carbocycles. The number of hydrogen-bond donors (Lipinski definition) is 1. The van der Waals surface area contributed by atoms with Crippen molar-refractivity contribution in [2.45, 2.75) is 58.3 Å². The molecule has 0 spiro atoms. The summed E-state index contributed by atoms with van der Waals surface area (Å²) in [6.07, 6.45) is 12.1. The summed E-state index contributed by atoms with van der Waals surface area (Å²) in [5.41, 5.74) is 0. The van der Waals surface area contributed by atoms with E-state index in [1.165, 1.54) is 38.5 Å². The predicted molar refractivity (Wildman–Crippen MR) is 63.4 cm³/mol. The number of hydrogen-bond acceptors (Lipinski definition) is 1. The number of unbranched alkanes of at least 4 members (excludes halogenated alkanes) is 5. The molecule has 0 aliphatic heterocycles. The molecule has 0 unspecified atom stereocenters. The van der Waals surface area contributed by atoms with Gasteiger partial charge in [0.2, 0.25) is 0 Å². The molecule has 0 bridgehead atoms. The Morgan fingerprint density at radius 3 is 2.36 bits per heavy atom. The molecule has 1 N–H and O–H groups in total. The van der Waals surface area contributed by atoms with Crippen molar-refractivity contribution in [2.24, 2.45) is 5.92 Å². The highest BCUT2D eigenvalue weighted by molar-refractivity contribution is 4.65. The van der Waals surface area contributed by atoms with Gasteiger partial charge in [-0.25, -0.2) is 0 Å². The average molecular weight is 198 g/mol. The van der Waals surface area contributed by atoms with Crippen LogP contribution in [0.4, 0.5) is 0 Å². The molecular weight excluding hydrogens is 172 g/mol. The van der Waals surface area contributed by atoms with E-state index < -0.39 is 0 Å². The van der Waals surface area contributed by atoms with E-state index in [0.717, 1.165) is 12.8 Å². The molecule has 0 amide bonds. The van der Waals surface area contributed by atoms with E-state index in [1.807, 2.05) is 6.08 Å². The molecule has 84 valence electrons. The minimum atomic E-state index is 0.368. The van der Waals surface area contributed by atoms with E-state index in [2.05, 4.69) is 13.5 Å². The monoisotopic (exact) mass is 198 g/mol. The fourth-order valence-corrected chi connectivity index (χ4v) is 1.68. The van der Waals surface area contributed by atoms with Crippen molar-refractivity contribution in [2.75, 3.05) is 6.61 Å². The van der Waals surface area contributed by atoms with Gasteiger partial charge >= 0.3 is 0 Å². The quantitative estimate of drug-likeness (QED) is 0.416. The lowest BCUT2D eigenvalue weighted by Gasteiger charge is -2.10. The molecule has 0 heterocycles. The Balaban J connectivity index is 3.08. The maximum absolute atomic E-state index is 8.99. The molecule has 14 heavy (non-hydrogen) atoms. The van der Waals surface area contributed by atoms with Gasteiger partial charge in [-0.1, -0.05) is 45.1 Å². The van der Waals surface area contributed by atoms with Crippen LogP contribution in [0, 0.1) is 5.92 Å². The normalized spacial score (nSPS) is 12.7. The van der Waals surface area contributed by atoms with Gasteiger partial charge in [-0.3, -0.25) is 0 Å². The van der Waals surface area contributed by atoms with Crippen LogP contribution >= 0.6 is 0 Å². The minimum absolute atomic E-state index is 0.368. The lowest BCUT2D eigenvalue weighted by atomic mass is 9.99. The first kappa shape index (κ1) is 13.7. The summed E-state index contributed by atoms with van der Waals surface area (Å²) in [4.78, 5) is 0. The molecule has 0 saturated carbocycles. The molecule has 0 aromatic rings. The zero-order chi connectivity index (χ0) is 10.6. The first-order valence-electron chi connectivity index (χ1n) is 6.06. The van der Waals surface area contributed by atoms with Crippen LogP contribution in [0.25, 0.3) is 0 Å².